The van der Waals surface area contributed by atoms with Crippen molar-refractivity contribution in [1.29, 1.82) is 0 Å². The number of nitrogens with zero attached hydrogens (tertiary/aromatic N) is 2. The van der Waals surface area contributed by atoms with Gasteiger partial charge in [0.1, 0.15) is 23.1 Å². The minimum absolute atomic E-state index is 0.115. The lowest BCUT2D eigenvalue weighted by atomic mass is 10.2. The zero-order valence-corrected chi connectivity index (χ0v) is 25.3. The van der Waals surface area contributed by atoms with Crippen LogP contribution >= 0.6 is 23.7 Å². The first-order chi connectivity index (χ1) is 20.0. The number of hydrogen-bond acceptors (Lipinski definition) is 9. The number of aromatic nitrogens is 2. The number of pyridine rings is 1. The van der Waals surface area contributed by atoms with Gasteiger partial charge < -0.3 is 33.6 Å². The van der Waals surface area contributed by atoms with E-state index in [4.69, 9.17) is 18.9 Å². The maximum atomic E-state index is 13.4. The number of benzene rings is 2. The fourth-order valence-electron chi connectivity index (χ4n) is 4.19. The van der Waals surface area contributed by atoms with E-state index < -0.39 is 6.29 Å². The fraction of sp³-hybridized carbons (Fsp3) is 0.333. The predicted octanol–water partition coefficient (Wildman–Crippen LogP) is 5.38. The summed E-state index contributed by atoms with van der Waals surface area (Å²) in [6.45, 7) is 1.25. The first-order valence-electron chi connectivity index (χ1n) is 13.1. The van der Waals surface area contributed by atoms with Crippen LogP contribution in [-0.4, -0.2) is 75.6 Å². The third-order valence-electron chi connectivity index (χ3n) is 6.23. The molecule has 0 fully saturated rings. The van der Waals surface area contributed by atoms with Crippen LogP contribution in [0.25, 0.3) is 10.9 Å². The lowest BCUT2D eigenvalue weighted by molar-refractivity contribution is -0.101. The molecule has 0 saturated heterocycles. The first kappa shape index (κ1) is 30.7. The minimum atomic E-state index is -0.470. The molecule has 11 heteroatoms. The molecular formula is C30H36N4O5S2. The number of hydrogen-bond donors (Lipinski definition) is 2. The van der Waals surface area contributed by atoms with Gasteiger partial charge in [0.15, 0.2) is 6.29 Å². The maximum absolute atomic E-state index is 13.4. The van der Waals surface area contributed by atoms with E-state index in [1.54, 1.807) is 39.3 Å². The Morgan fingerprint density at radius 1 is 1.02 bits per heavy atom. The Bertz CT molecular complexity index is 1370. The van der Waals surface area contributed by atoms with E-state index in [2.05, 4.69) is 27.4 Å². The Morgan fingerprint density at radius 2 is 1.80 bits per heavy atom. The molecule has 4 rings (SSSR count). The van der Waals surface area contributed by atoms with Crippen LogP contribution in [0.15, 0.2) is 78.0 Å². The van der Waals surface area contributed by atoms with Crippen molar-refractivity contribution in [3.63, 3.8) is 0 Å². The van der Waals surface area contributed by atoms with Gasteiger partial charge in [-0.1, -0.05) is 36.4 Å². The maximum Gasteiger partial charge on any atom is 0.267 e. The largest absolute Gasteiger partial charge is 0.491 e. The summed E-state index contributed by atoms with van der Waals surface area (Å²) in [7, 11) is 6.81. The van der Waals surface area contributed by atoms with Crippen molar-refractivity contribution >= 4 is 46.2 Å². The van der Waals surface area contributed by atoms with Crippen LogP contribution in [0.5, 0.6) is 5.75 Å². The molecule has 0 aliphatic carbocycles. The zero-order valence-electron chi connectivity index (χ0n) is 23.7. The van der Waals surface area contributed by atoms with Crippen molar-refractivity contribution in [2.75, 3.05) is 52.4 Å². The van der Waals surface area contributed by atoms with Crippen molar-refractivity contribution in [1.82, 2.24) is 15.3 Å². The number of aromatic amines is 1. The van der Waals surface area contributed by atoms with E-state index in [9.17, 15) is 4.79 Å². The summed E-state index contributed by atoms with van der Waals surface area (Å²) in [5.74, 6) is 1.24. The molecule has 41 heavy (non-hydrogen) atoms. The van der Waals surface area contributed by atoms with Crippen LogP contribution in [0.4, 0.5) is 5.69 Å². The van der Waals surface area contributed by atoms with Gasteiger partial charge in [0.25, 0.3) is 5.91 Å². The van der Waals surface area contributed by atoms with Crippen LogP contribution in [0.1, 0.15) is 16.1 Å². The number of nitrogens with one attached hydrogen (secondary N) is 2. The molecule has 0 aliphatic heterocycles. The lowest BCUT2D eigenvalue weighted by Crippen LogP contribution is -2.39. The third kappa shape index (κ3) is 8.64. The molecular weight excluding hydrogens is 560 g/mol. The van der Waals surface area contributed by atoms with Crippen molar-refractivity contribution < 1.29 is 23.7 Å². The van der Waals surface area contributed by atoms with Crippen LogP contribution in [0.2, 0.25) is 0 Å². The van der Waals surface area contributed by atoms with Crippen molar-refractivity contribution in [2.24, 2.45) is 0 Å². The van der Waals surface area contributed by atoms with Gasteiger partial charge in [-0.05, 0) is 29.8 Å². The van der Waals surface area contributed by atoms with Gasteiger partial charge in [-0.15, -0.1) is 11.8 Å². The van der Waals surface area contributed by atoms with Crippen molar-refractivity contribution in [3.05, 3.63) is 84.2 Å². The average molecular weight is 597 g/mol. The zero-order chi connectivity index (χ0) is 29.0. The van der Waals surface area contributed by atoms with Gasteiger partial charge in [0, 0.05) is 70.3 Å². The van der Waals surface area contributed by atoms with E-state index in [0.717, 1.165) is 27.4 Å². The standard InChI is InChI=1S/C30H36N4O5S2/c1-34(41-27-12-8-9-13-31-27)25-18-23(39-15-14-36-2)16-22-17-24(33-28(22)25)29(35)32-19-26(30(37-3)38-4)40-20-21-10-6-5-7-11-21/h5-13,16-18,26,30,33H,14-15,19-20H2,1-4H3,(H,32,35)/t26-/m1/s1. The number of methoxy groups -OCH3 is 3. The fourth-order valence-corrected chi connectivity index (χ4v) is 6.13. The van der Waals surface area contributed by atoms with E-state index in [0.29, 0.717) is 31.2 Å². The van der Waals surface area contributed by atoms with E-state index in [1.165, 1.54) is 17.5 Å². The number of thioether (sulfide) groups is 1. The van der Waals surface area contributed by atoms with Crippen LogP contribution < -0.4 is 14.4 Å². The molecule has 0 radical (unpaired) electrons. The number of ether oxygens (including phenoxy) is 4. The molecule has 0 bridgehead atoms. The number of fused-ring (bicyclic) bond motifs is 1. The molecule has 9 nitrogen and oxygen atoms in total. The van der Waals surface area contributed by atoms with Gasteiger partial charge in [-0.3, -0.25) is 4.79 Å². The molecule has 1 atom stereocenters. The van der Waals surface area contributed by atoms with Gasteiger partial charge in [0.2, 0.25) is 0 Å². The average Bonchev–Trinajstić information content (AvgIpc) is 3.43. The lowest BCUT2D eigenvalue weighted by Gasteiger charge is -2.24. The number of anilines is 1. The summed E-state index contributed by atoms with van der Waals surface area (Å²) in [5.41, 5.74) is 3.32. The van der Waals surface area contributed by atoms with E-state index in [1.807, 2.05) is 66.0 Å². The van der Waals surface area contributed by atoms with E-state index >= 15 is 0 Å². The van der Waals surface area contributed by atoms with Crippen LogP contribution in [0.3, 0.4) is 0 Å². The summed E-state index contributed by atoms with van der Waals surface area (Å²) in [6.07, 6.45) is 1.29. The molecule has 0 aliphatic rings. The van der Waals surface area contributed by atoms with Crippen molar-refractivity contribution in [3.8, 4) is 5.75 Å². The number of amides is 1. The second kappa shape index (κ2) is 15.7. The topological polar surface area (TPSA) is 97.9 Å². The molecule has 218 valence electrons. The summed E-state index contributed by atoms with van der Waals surface area (Å²) < 4.78 is 24.2. The highest BCUT2D eigenvalue weighted by Gasteiger charge is 2.24. The Labute approximate surface area is 249 Å². The SMILES string of the molecule is COCCOc1cc(N(C)Sc2ccccn2)c2[nH]c(C(=O)NC[C@@H](SCc3ccccc3)C(OC)OC)cc2c1. The van der Waals surface area contributed by atoms with Crippen LogP contribution in [0, 0.1) is 0 Å². The molecule has 4 aromatic rings. The second-order valence-corrected chi connectivity index (χ2v) is 11.4. The Morgan fingerprint density at radius 3 is 2.51 bits per heavy atom. The molecule has 0 spiro atoms. The van der Waals surface area contributed by atoms with Gasteiger partial charge in [0.05, 0.1) is 23.1 Å². The predicted molar refractivity (Wildman–Crippen MR) is 166 cm³/mol. The highest BCUT2D eigenvalue weighted by atomic mass is 32.2. The number of rotatable bonds is 16. The van der Waals surface area contributed by atoms with Crippen LogP contribution in [-0.2, 0) is 20.0 Å². The normalized spacial score (nSPS) is 12.0. The molecule has 2 N–H and O–H groups in total. The summed E-state index contributed by atoms with van der Waals surface area (Å²) in [4.78, 5) is 21.1. The Balaban J connectivity index is 1.53. The highest BCUT2D eigenvalue weighted by molar-refractivity contribution is 8.00. The Hall–Kier alpha value is -3.22. The monoisotopic (exact) mass is 596 g/mol. The summed E-state index contributed by atoms with van der Waals surface area (Å²) in [6, 6.07) is 21.7. The molecule has 2 heterocycles. The van der Waals surface area contributed by atoms with Gasteiger partial charge in [-0.2, -0.15) is 0 Å². The molecule has 0 saturated carbocycles. The smallest absolute Gasteiger partial charge is 0.267 e. The number of carbonyl (C=O) groups excluding carboxylic acids is 1. The molecule has 2 aromatic heterocycles. The van der Waals surface area contributed by atoms with Gasteiger partial charge in [-0.25, -0.2) is 4.98 Å². The Kier molecular flexibility index (Phi) is 11.8. The molecule has 1 amide bonds. The first-order valence-corrected chi connectivity index (χ1v) is 14.9. The third-order valence-corrected chi connectivity index (χ3v) is 8.44. The molecule has 2 aromatic carbocycles. The minimum Gasteiger partial charge on any atom is -0.491 e. The number of H-pyrrole nitrogens is 1. The summed E-state index contributed by atoms with van der Waals surface area (Å²) >= 11 is 3.16. The summed E-state index contributed by atoms with van der Waals surface area (Å²) in [5, 5.41) is 4.65. The van der Waals surface area contributed by atoms with Crippen molar-refractivity contribution in [2.45, 2.75) is 22.3 Å². The number of carbonyl (C=O) groups is 1. The van der Waals surface area contributed by atoms with E-state index in [-0.39, 0.29) is 11.2 Å². The molecule has 0 unspecified atom stereocenters. The highest BCUT2D eigenvalue weighted by Crippen LogP contribution is 2.36. The quantitative estimate of drug-likeness (QED) is 0.100. The second-order valence-electron chi connectivity index (χ2n) is 9.07. The van der Waals surface area contributed by atoms with Gasteiger partial charge >= 0.3 is 0 Å².